The minimum atomic E-state index is -3.66. The first kappa shape index (κ1) is 21.9. The van der Waals surface area contributed by atoms with Gasteiger partial charge in [0.15, 0.2) is 0 Å². The molecule has 5 rings (SSSR count). The molecule has 6 nitrogen and oxygen atoms in total. The average Bonchev–Trinajstić information content (AvgIpc) is 3.56. The van der Waals surface area contributed by atoms with Crippen molar-refractivity contribution in [3.8, 4) is 5.75 Å². The number of hydrogen-bond acceptors (Lipinski definition) is 5. The van der Waals surface area contributed by atoms with Crippen LogP contribution in [0.15, 0.2) is 47.4 Å². The van der Waals surface area contributed by atoms with E-state index in [9.17, 15) is 13.5 Å². The second-order valence-electron chi connectivity index (χ2n) is 10.1. The molecule has 3 aliphatic rings. The van der Waals surface area contributed by atoms with Crippen LogP contribution in [-0.2, 0) is 28.3 Å². The van der Waals surface area contributed by atoms with E-state index in [1.165, 1.54) is 30.5 Å². The summed E-state index contributed by atoms with van der Waals surface area (Å²) in [6, 6.07) is 13.5. The first-order valence-electron chi connectivity index (χ1n) is 11.7. The van der Waals surface area contributed by atoms with Gasteiger partial charge in [0.2, 0.25) is 10.0 Å². The van der Waals surface area contributed by atoms with Crippen molar-refractivity contribution in [3.63, 3.8) is 0 Å². The van der Waals surface area contributed by atoms with Gasteiger partial charge in [-0.1, -0.05) is 25.1 Å². The fraction of sp³-hybridized carbons (Fsp3) is 0.520. The number of fused-ring (bicyclic) bond motifs is 4. The highest BCUT2D eigenvalue weighted by molar-refractivity contribution is 7.89. The molecular formula is C25H33N3O3S. The molecule has 2 bridgehead atoms. The first-order valence-corrected chi connectivity index (χ1v) is 13.2. The van der Waals surface area contributed by atoms with Crippen molar-refractivity contribution in [3.05, 3.63) is 59.2 Å². The molecule has 1 aliphatic heterocycles. The Kier molecular flexibility index (Phi) is 5.56. The first-order chi connectivity index (χ1) is 15.2. The summed E-state index contributed by atoms with van der Waals surface area (Å²) in [4.78, 5) is 2.85. The molecule has 1 saturated heterocycles. The van der Waals surface area contributed by atoms with E-state index < -0.39 is 10.0 Å². The molecule has 32 heavy (non-hydrogen) atoms. The molecule has 3 atom stereocenters. The van der Waals surface area contributed by atoms with Crippen LogP contribution in [0.1, 0.15) is 42.9 Å². The number of phenolic OH excluding ortho intramolecular Hbond substituents is 1. The van der Waals surface area contributed by atoms with E-state index in [4.69, 9.17) is 5.14 Å². The van der Waals surface area contributed by atoms with E-state index in [0.717, 1.165) is 43.8 Å². The third kappa shape index (κ3) is 4.19. The number of primary sulfonamides is 1. The van der Waals surface area contributed by atoms with Gasteiger partial charge in [-0.2, -0.15) is 0 Å². The summed E-state index contributed by atoms with van der Waals surface area (Å²) in [5, 5.41) is 19.3. The SMILES string of the molecule is C[C@@]12CCN(CC3CC3)[C@H](Cc3ccc(O)cc31)[C@@H]2NCCc1ccc(S(N)(=O)=O)cc1. The Bertz CT molecular complexity index is 1100. The fourth-order valence-corrected chi connectivity index (χ4v) is 6.33. The van der Waals surface area contributed by atoms with E-state index in [1.54, 1.807) is 12.1 Å². The Morgan fingerprint density at radius 3 is 2.62 bits per heavy atom. The highest BCUT2D eigenvalue weighted by atomic mass is 32.2. The zero-order valence-electron chi connectivity index (χ0n) is 18.6. The minimum absolute atomic E-state index is 0.0193. The lowest BCUT2D eigenvalue weighted by Gasteiger charge is -2.56. The largest absolute Gasteiger partial charge is 0.508 e. The van der Waals surface area contributed by atoms with Crippen LogP contribution in [0.25, 0.3) is 0 Å². The number of nitrogens with two attached hydrogens (primary N) is 1. The zero-order chi connectivity index (χ0) is 22.5. The molecule has 1 heterocycles. The van der Waals surface area contributed by atoms with Gasteiger partial charge in [0, 0.05) is 24.0 Å². The number of likely N-dealkylation sites (tertiary alicyclic amines) is 1. The smallest absolute Gasteiger partial charge is 0.238 e. The van der Waals surface area contributed by atoms with Crippen molar-refractivity contribution in [1.82, 2.24) is 10.2 Å². The molecule has 4 N–H and O–H groups in total. The van der Waals surface area contributed by atoms with Crippen LogP contribution in [0.2, 0.25) is 0 Å². The minimum Gasteiger partial charge on any atom is -0.508 e. The number of phenols is 1. The quantitative estimate of drug-likeness (QED) is 0.596. The Morgan fingerprint density at radius 1 is 1.19 bits per heavy atom. The van der Waals surface area contributed by atoms with Crippen molar-refractivity contribution >= 4 is 10.0 Å². The van der Waals surface area contributed by atoms with Crippen LogP contribution in [0, 0.1) is 5.92 Å². The van der Waals surface area contributed by atoms with Gasteiger partial charge in [0.05, 0.1) is 4.90 Å². The summed E-state index contributed by atoms with van der Waals surface area (Å²) < 4.78 is 23.0. The summed E-state index contributed by atoms with van der Waals surface area (Å²) in [5.41, 5.74) is 3.72. The highest BCUT2D eigenvalue weighted by Crippen LogP contribution is 2.47. The fourth-order valence-electron chi connectivity index (χ4n) is 5.82. The number of benzene rings is 2. The van der Waals surface area contributed by atoms with E-state index in [0.29, 0.717) is 17.8 Å². The van der Waals surface area contributed by atoms with Gasteiger partial charge in [0.25, 0.3) is 0 Å². The molecule has 0 unspecified atom stereocenters. The van der Waals surface area contributed by atoms with Crippen LogP contribution in [0.5, 0.6) is 5.75 Å². The van der Waals surface area contributed by atoms with E-state index in [-0.39, 0.29) is 10.3 Å². The van der Waals surface area contributed by atoms with E-state index >= 15 is 0 Å². The van der Waals surface area contributed by atoms with Gasteiger partial charge < -0.3 is 10.4 Å². The van der Waals surface area contributed by atoms with E-state index in [2.05, 4.69) is 23.2 Å². The summed E-state index contributed by atoms with van der Waals surface area (Å²) in [7, 11) is -3.66. The molecule has 0 radical (unpaired) electrons. The molecule has 2 aromatic rings. The van der Waals surface area contributed by atoms with Crippen molar-refractivity contribution in [2.45, 2.75) is 61.4 Å². The normalized spacial score (nSPS) is 27.8. The molecule has 0 spiro atoms. The molecule has 2 aliphatic carbocycles. The summed E-state index contributed by atoms with van der Waals surface area (Å²) in [6.07, 6.45) is 5.63. The van der Waals surface area contributed by atoms with Gasteiger partial charge in [0.1, 0.15) is 5.75 Å². The Hall–Kier alpha value is -1.93. The number of rotatable bonds is 7. The number of sulfonamides is 1. The predicted molar refractivity (Wildman–Crippen MR) is 125 cm³/mol. The Labute approximate surface area is 190 Å². The molecule has 2 aromatic carbocycles. The highest BCUT2D eigenvalue weighted by Gasteiger charge is 2.51. The van der Waals surface area contributed by atoms with Crippen molar-refractivity contribution in [2.24, 2.45) is 11.1 Å². The Morgan fingerprint density at radius 2 is 1.94 bits per heavy atom. The number of aromatic hydroxyl groups is 1. The average molecular weight is 456 g/mol. The van der Waals surface area contributed by atoms with Gasteiger partial charge in [-0.25, -0.2) is 13.6 Å². The van der Waals surface area contributed by atoms with Crippen LogP contribution in [0.3, 0.4) is 0 Å². The third-order valence-corrected chi connectivity index (χ3v) is 8.75. The maximum absolute atomic E-state index is 11.5. The van der Waals surface area contributed by atoms with Gasteiger partial charge in [-0.3, -0.25) is 4.90 Å². The lowest BCUT2D eigenvalue weighted by molar-refractivity contribution is 0.0432. The van der Waals surface area contributed by atoms with Crippen LogP contribution in [0.4, 0.5) is 0 Å². The molecule has 172 valence electrons. The van der Waals surface area contributed by atoms with Crippen LogP contribution < -0.4 is 10.5 Å². The maximum Gasteiger partial charge on any atom is 0.238 e. The van der Waals surface area contributed by atoms with Crippen molar-refractivity contribution < 1.29 is 13.5 Å². The monoisotopic (exact) mass is 455 g/mol. The summed E-state index contributed by atoms with van der Waals surface area (Å²) in [5.74, 6) is 1.20. The summed E-state index contributed by atoms with van der Waals surface area (Å²) in [6.45, 7) is 5.47. The summed E-state index contributed by atoms with van der Waals surface area (Å²) >= 11 is 0. The maximum atomic E-state index is 11.5. The molecule has 7 heteroatoms. The standard InChI is InChI=1S/C25H33N3O3S/c1-25-11-13-28(16-18-2-3-18)23(14-19-6-7-20(29)15-22(19)25)24(25)27-12-10-17-4-8-21(9-5-17)32(26,30)31/h4-9,15,18,23-24,27,29H,2-3,10-14,16H2,1H3,(H2,26,30,31)/t23-,24+,25-/m1/s1. The van der Waals surface area contributed by atoms with Gasteiger partial charge in [-0.15, -0.1) is 0 Å². The third-order valence-electron chi connectivity index (χ3n) is 7.82. The predicted octanol–water partition coefficient (Wildman–Crippen LogP) is 2.54. The lowest BCUT2D eigenvalue weighted by Crippen LogP contribution is -2.67. The molecular weight excluding hydrogens is 422 g/mol. The second kappa shape index (κ2) is 8.13. The molecule has 2 fully saturated rings. The number of piperidine rings is 1. The van der Waals surface area contributed by atoms with Crippen molar-refractivity contribution in [1.29, 1.82) is 0 Å². The number of hydrogen-bond donors (Lipinski definition) is 3. The van der Waals surface area contributed by atoms with Crippen molar-refractivity contribution in [2.75, 3.05) is 19.6 Å². The molecule has 0 amide bonds. The topological polar surface area (TPSA) is 95.7 Å². The molecule has 1 saturated carbocycles. The van der Waals surface area contributed by atoms with Crippen LogP contribution >= 0.6 is 0 Å². The zero-order valence-corrected chi connectivity index (χ0v) is 19.4. The van der Waals surface area contributed by atoms with E-state index in [1.807, 2.05) is 24.3 Å². The number of nitrogens with one attached hydrogen (secondary N) is 1. The number of nitrogens with zero attached hydrogens (tertiary/aromatic N) is 1. The van der Waals surface area contributed by atoms with Gasteiger partial charge in [-0.05, 0) is 92.1 Å². The lowest BCUT2D eigenvalue weighted by atomic mass is 9.61. The Balaban J connectivity index is 1.35. The van der Waals surface area contributed by atoms with Gasteiger partial charge >= 0.3 is 0 Å². The van der Waals surface area contributed by atoms with Crippen LogP contribution in [-0.4, -0.2) is 50.1 Å². The molecule has 0 aromatic heterocycles. The second-order valence-corrected chi connectivity index (χ2v) is 11.7.